The highest BCUT2D eigenvalue weighted by molar-refractivity contribution is 5.78. The van der Waals surface area contributed by atoms with E-state index in [9.17, 15) is 18.0 Å². The van der Waals surface area contributed by atoms with Gasteiger partial charge in [-0.15, -0.1) is 0 Å². The average molecular weight is 493 g/mol. The van der Waals surface area contributed by atoms with Crippen LogP contribution in [0, 0.1) is 5.92 Å². The Morgan fingerprint density at radius 3 is 2.60 bits per heavy atom. The molecule has 4 rings (SSSR count). The first kappa shape index (κ1) is 25.6. The lowest BCUT2D eigenvalue weighted by Gasteiger charge is -2.30. The predicted molar refractivity (Wildman–Crippen MR) is 126 cm³/mol. The number of aromatic nitrogens is 4. The van der Waals surface area contributed by atoms with Crippen molar-refractivity contribution in [1.82, 2.24) is 30.2 Å². The number of aryl methyl sites for hydroxylation is 2. The molecule has 0 aromatic carbocycles. The summed E-state index contributed by atoms with van der Waals surface area (Å²) < 4.78 is 37.6. The third kappa shape index (κ3) is 8.02. The maximum Gasteiger partial charge on any atom is 0.389 e. The van der Waals surface area contributed by atoms with Crippen molar-refractivity contribution in [3.8, 4) is 0 Å². The lowest BCUT2D eigenvalue weighted by atomic mass is 9.84. The topological polar surface area (TPSA) is 75.9 Å². The maximum atomic E-state index is 12.5. The Bertz CT molecular complexity index is 984. The molecule has 2 aliphatic rings. The molecule has 0 unspecified atom stereocenters. The number of carbonyl (C=O) groups excluding carboxylic acids is 1. The minimum Gasteiger partial charge on any atom is -0.353 e. The molecule has 1 fully saturated rings. The lowest BCUT2D eigenvalue weighted by Crippen LogP contribution is -2.39. The monoisotopic (exact) mass is 492 g/mol. The number of hydrogen-bond donors (Lipinski definition) is 1. The fraction of sp³-hybridized carbons (Fsp3) is 0.680. The van der Waals surface area contributed by atoms with Gasteiger partial charge in [0.2, 0.25) is 5.91 Å². The van der Waals surface area contributed by atoms with Gasteiger partial charge in [0.05, 0.1) is 18.3 Å². The van der Waals surface area contributed by atoms with Crippen LogP contribution in [0.3, 0.4) is 0 Å². The SMILES string of the molecule is Cn1ncc(CC(=O)N[C@H]2CC[C@H](CCN3CCc4ccc(CCC(F)(F)F)nc4CC3)CC2)n1. The van der Waals surface area contributed by atoms with E-state index < -0.39 is 12.6 Å². The largest absolute Gasteiger partial charge is 0.389 e. The molecule has 0 radical (unpaired) electrons. The van der Waals surface area contributed by atoms with E-state index in [-0.39, 0.29) is 24.8 Å². The van der Waals surface area contributed by atoms with Gasteiger partial charge in [-0.2, -0.15) is 28.2 Å². The van der Waals surface area contributed by atoms with Crippen LogP contribution in [0.5, 0.6) is 0 Å². The number of halogens is 3. The summed E-state index contributed by atoms with van der Waals surface area (Å²) in [6.45, 7) is 2.89. The number of rotatable bonds is 8. The smallest absolute Gasteiger partial charge is 0.353 e. The first-order valence-electron chi connectivity index (χ1n) is 12.6. The molecule has 0 saturated heterocycles. The summed E-state index contributed by atoms with van der Waals surface area (Å²) in [6.07, 6.45) is 3.95. The van der Waals surface area contributed by atoms with Gasteiger partial charge in [-0.1, -0.05) is 6.07 Å². The molecule has 1 N–H and O–H groups in total. The fourth-order valence-electron chi connectivity index (χ4n) is 5.18. The van der Waals surface area contributed by atoms with Crippen LogP contribution in [0.1, 0.15) is 61.2 Å². The number of nitrogens with one attached hydrogen (secondary N) is 1. The Balaban J connectivity index is 1.16. The zero-order chi connectivity index (χ0) is 24.8. The first-order chi connectivity index (χ1) is 16.7. The second-order valence-electron chi connectivity index (χ2n) is 9.94. The normalized spacial score (nSPS) is 21.4. The van der Waals surface area contributed by atoms with E-state index in [0.29, 0.717) is 17.3 Å². The second-order valence-corrected chi connectivity index (χ2v) is 9.94. The van der Waals surface area contributed by atoms with E-state index in [0.717, 1.165) is 70.3 Å². The van der Waals surface area contributed by atoms with Crippen molar-refractivity contribution in [1.29, 1.82) is 0 Å². The second kappa shape index (κ2) is 11.5. The molecule has 1 saturated carbocycles. The van der Waals surface area contributed by atoms with Gasteiger partial charge in [0, 0.05) is 50.4 Å². The van der Waals surface area contributed by atoms with Crippen LogP contribution >= 0.6 is 0 Å². The van der Waals surface area contributed by atoms with Gasteiger partial charge in [0.25, 0.3) is 0 Å². The summed E-state index contributed by atoms with van der Waals surface area (Å²) in [7, 11) is 1.74. The van der Waals surface area contributed by atoms with E-state index in [4.69, 9.17) is 0 Å². The number of hydrogen-bond acceptors (Lipinski definition) is 5. The Hall–Kier alpha value is -2.49. The molecule has 0 bridgehead atoms. The van der Waals surface area contributed by atoms with Gasteiger partial charge >= 0.3 is 6.18 Å². The molecule has 1 amide bonds. The highest BCUT2D eigenvalue weighted by Gasteiger charge is 2.27. The Morgan fingerprint density at radius 2 is 1.89 bits per heavy atom. The van der Waals surface area contributed by atoms with Crippen LogP contribution in [0.15, 0.2) is 18.3 Å². The van der Waals surface area contributed by atoms with E-state index in [1.54, 1.807) is 19.3 Å². The molecule has 1 aliphatic heterocycles. The van der Waals surface area contributed by atoms with Crippen LogP contribution in [0.2, 0.25) is 0 Å². The predicted octanol–water partition coefficient (Wildman–Crippen LogP) is 3.41. The number of pyridine rings is 1. The minimum atomic E-state index is -4.15. The molecule has 2 aromatic rings. The van der Waals surface area contributed by atoms with Crippen molar-refractivity contribution in [2.75, 3.05) is 19.6 Å². The molecule has 10 heteroatoms. The molecule has 0 spiro atoms. The molecule has 0 atom stereocenters. The van der Waals surface area contributed by atoms with Crippen LogP contribution in [-0.4, -0.2) is 62.6 Å². The molecular formula is C25H35F3N6O. The molecule has 2 aromatic heterocycles. The third-order valence-electron chi connectivity index (χ3n) is 7.21. The third-order valence-corrected chi connectivity index (χ3v) is 7.21. The van der Waals surface area contributed by atoms with Crippen LogP contribution in [-0.2, 0) is 37.5 Å². The van der Waals surface area contributed by atoms with Crippen LogP contribution < -0.4 is 5.32 Å². The summed E-state index contributed by atoms with van der Waals surface area (Å²) in [5.41, 5.74) is 3.35. The van der Waals surface area contributed by atoms with Gasteiger partial charge in [0.15, 0.2) is 0 Å². The quantitative estimate of drug-likeness (QED) is 0.611. The standard InChI is InChI=1S/C25H35F3N6O/c1-33-29-17-22(32-33)16-24(35)31-20-5-2-18(3-6-20)9-13-34-14-10-19-4-7-21(8-12-25(26,27)28)30-23(19)11-15-34/h4,7,17-18,20H,2-3,5-6,8-16H2,1H3,(H,31,35)/t18-,20-. The molecular weight excluding hydrogens is 457 g/mol. The van der Waals surface area contributed by atoms with Crippen molar-refractivity contribution in [3.05, 3.63) is 41.0 Å². The number of carbonyl (C=O) groups is 1. The summed E-state index contributed by atoms with van der Waals surface area (Å²) >= 11 is 0. The van der Waals surface area contributed by atoms with Crippen molar-refractivity contribution >= 4 is 5.91 Å². The highest BCUT2D eigenvalue weighted by Crippen LogP contribution is 2.28. The fourth-order valence-corrected chi connectivity index (χ4v) is 5.18. The van der Waals surface area contributed by atoms with E-state index in [2.05, 4.69) is 25.4 Å². The summed E-state index contributed by atoms with van der Waals surface area (Å²) in [5.74, 6) is 0.675. The minimum absolute atomic E-state index is 0.00764. The van der Waals surface area contributed by atoms with Crippen LogP contribution in [0.4, 0.5) is 13.2 Å². The number of alkyl halides is 3. The van der Waals surface area contributed by atoms with E-state index >= 15 is 0 Å². The van der Waals surface area contributed by atoms with Gasteiger partial charge in [0.1, 0.15) is 0 Å². The highest BCUT2D eigenvalue weighted by atomic mass is 19.4. The molecule has 3 heterocycles. The molecule has 7 nitrogen and oxygen atoms in total. The molecule has 1 aliphatic carbocycles. The zero-order valence-corrected chi connectivity index (χ0v) is 20.4. The summed E-state index contributed by atoms with van der Waals surface area (Å²) in [4.78, 5) is 20.8. The maximum absolute atomic E-state index is 12.5. The Kier molecular flexibility index (Phi) is 8.41. The lowest BCUT2D eigenvalue weighted by molar-refractivity contribution is -0.134. The number of amides is 1. The van der Waals surface area contributed by atoms with Crippen molar-refractivity contribution in [3.63, 3.8) is 0 Å². The average Bonchev–Trinajstić information content (AvgIpc) is 3.10. The molecule has 35 heavy (non-hydrogen) atoms. The Morgan fingerprint density at radius 1 is 1.11 bits per heavy atom. The zero-order valence-electron chi connectivity index (χ0n) is 20.4. The number of nitrogens with zero attached hydrogens (tertiary/aromatic N) is 5. The van der Waals surface area contributed by atoms with Crippen molar-refractivity contribution in [2.45, 2.75) is 76.4 Å². The van der Waals surface area contributed by atoms with Gasteiger partial charge in [-0.05, 0) is 69.0 Å². The van der Waals surface area contributed by atoms with Crippen LogP contribution in [0.25, 0.3) is 0 Å². The summed E-state index contributed by atoms with van der Waals surface area (Å²) in [5, 5.41) is 11.3. The van der Waals surface area contributed by atoms with E-state index in [1.165, 1.54) is 10.4 Å². The van der Waals surface area contributed by atoms with Gasteiger partial charge in [-0.3, -0.25) is 9.78 Å². The Labute approximate surface area is 204 Å². The van der Waals surface area contributed by atoms with Crippen molar-refractivity contribution < 1.29 is 18.0 Å². The van der Waals surface area contributed by atoms with E-state index in [1.807, 2.05) is 6.07 Å². The first-order valence-corrected chi connectivity index (χ1v) is 12.6. The van der Waals surface area contributed by atoms with Gasteiger partial charge in [-0.25, -0.2) is 0 Å². The molecule has 192 valence electrons. The van der Waals surface area contributed by atoms with Crippen molar-refractivity contribution in [2.24, 2.45) is 13.0 Å². The summed E-state index contributed by atoms with van der Waals surface area (Å²) in [6, 6.07) is 3.96. The number of fused-ring (bicyclic) bond motifs is 1. The van der Waals surface area contributed by atoms with Gasteiger partial charge < -0.3 is 10.2 Å².